The number of fused-ring (bicyclic) bond motifs is 2. The van der Waals surface area contributed by atoms with Crippen LogP contribution >= 0.6 is 0 Å². The van der Waals surface area contributed by atoms with Gasteiger partial charge in [0.25, 0.3) is 0 Å². The fourth-order valence-electron chi connectivity index (χ4n) is 2.56. The Morgan fingerprint density at radius 3 is 3.05 bits per heavy atom. The highest BCUT2D eigenvalue weighted by Crippen LogP contribution is 2.33. The number of aromatic nitrogens is 4. The van der Waals surface area contributed by atoms with Gasteiger partial charge in [-0.15, -0.1) is 6.58 Å². The molecule has 3 heterocycles. The lowest BCUT2D eigenvalue weighted by Gasteiger charge is -2.03. The molecule has 7 heteroatoms. The van der Waals surface area contributed by atoms with Gasteiger partial charge in [-0.2, -0.15) is 0 Å². The first kappa shape index (κ1) is 12.6. The molecule has 1 aromatic carbocycles. The van der Waals surface area contributed by atoms with E-state index >= 15 is 0 Å². The van der Waals surface area contributed by atoms with Crippen LogP contribution < -0.4 is 15.2 Å². The Morgan fingerprint density at radius 1 is 1.32 bits per heavy atom. The Balaban J connectivity index is 2.01. The SMILES string of the molecule is C=CCn1c(=O)n(-c2ccc3c(c2)OCO3)c2ncncc21. The quantitative estimate of drug-likeness (QED) is 0.685. The van der Waals surface area contributed by atoms with Crippen molar-refractivity contribution in [3.63, 3.8) is 0 Å². The van der Waals surface area contributed by atoms with Crippen LogP contribution in [0.3, 0.4) is 0 Å². The second-order valence-electron chi connectivity index (χ2n) is 4.79. The van der Waals surface area contributed by atoms with Gasteiger partial charge in [0.05, 0.1) is 11.9 Å². The van der Waals surface area contributed by atoms with E-state index in [0.29, 0.717) is 34.9 Å². The summed E-state index contributed by atoms with van der Waals surface area (Å²) in [5.74, 6) is 1.28. The van der Waals surface area contributed by atoms with Gasteiger partial charge >= 0.3 is 5.69 Å². The van der Waals surface area contributed by atoms with Gasteiger partial charge in [0.15, 0.2) is 17.1 Å². The highest BCUT2D eigenvalue weighted by Gasteiger charge is 2.19. The van der Waals surface area contributed by atoms with Crippen molar-refractivity contribution in [1.82, 2.24) is 19.1 Å². The molecule has 0 amide bonds. The Kier molecular flexibility index (Phi) is 2.72. The molecule has 4 rings (SSSR count). The van der Waals surface area contributed by atoms with Crippen molar-refractivity contribution >= 4 is 11.2 Å². The first-order valence-corrected chi connectivity index (χ1v) is 6.72. The molecule has 110 valence electrons. The van der Waals surface area contributed by atoms with Gasteiger partial charge in [0, 0.05) is 12.6 Å². The van der Waals surface area contributed by atoms with Crippen LogP contribution in [-0.4, -0.2) is 25.9 Å². The molecule has 0 N–H and O–H groups in total. The van der Waals surface area contributed by atoms with Crippen LogP contribution in [0, 0.1) is 0 Å². The molecule has 2 aromatic heterocycles. The molecule has 0 saturated heterocycles. The molecule has 7 nitrogen and oxygen atoms in total. The molecule has 0 unspecified atom stereocenters. The number of hydrogen-bond acceptors (Lipinski definition) is 5. The first-order valence-electron chi connectivity index (χ1n) is 6.72. The third-order valence-corrected chi connectivity index (χ3v) is 3.52. The summed E-state index contributed by atoms with van der Waals surface area (Å²) >= 11 is 0. The molecule has 0 aliphatic carbocycles. The average Bonchev–Trinajstić information content (AvgIpc) is 3.10. The summed E-state index contributed by atoms with van der Waals surface area (Å²) in [5, 5.41) is 0. The summed E-state index contributed by atoms with van der Waals surface area (Å²) in [6, 6.07) is 5.35. The molecule has 22 heavy (non-hydrogen) atoms. The maximum atomic E-state index is 12.7. The van der Waals surface area contributed by atoms with E-state index in [4.69, 9.17) is 9.47 Å². The number of allylic oxidation sites excluding steroid dienone is 1. The summed E-state index contributed by atoms with van der Waals surface area (Å²) in [7, 11) is 0. The normalized spacial score (nSPS) is 12.7. The van der Waals surface area contributed by atoms with E-state index in [1.165, 1.54) is 10.9 Å². The Bertz CT molecular complexity index is 942. The van der Waals surface area contributed by atoms with Gasteiger partial charge in [0.1, 0.15) is 11.8 Å². The van der Waals surface area contributed by atoms with Crippen LogP contribution in [0.5, 0.6) is 11.5 Å². The van der Waals surface area contributed by atoms with Crippen LogP contribution in [0.4, 0.5) is 0 Å². The summed E-state index contributed by atoms with van der Waals surface area (Å²) in [4.78, 5) is 21.0. The maximum absolute atomic E-state index is 12.7. The zero-order chi connectivity index (χ0) is 15.1. The lowest BCUT2D eigenvalue weighted by molar-refractivity contribution is 0.174. The molecule has 0 atom stereocenters. The van der Waals surface area contributed by atoms with Crippen molar-refractivity contribution in [2.45, 2.75) is 6.54 Å². The van der Waals surface area contributed by atoms with E-state index < -0.39 is 0 Å². The maximum Gasteiger partial charge on any atom is 0.335 e. The highest BCUT2D eigenvalue weighted by atomic mass is 16.7. The molecular weight excluding hydrogens is 284 g/mol. The van der Waals surface area contributed by atoms with Crippen molar-refractivity contribution in [2.24, 2.45) is 0 Å². The standard InChI is InChI=1S/C15H12N4O3/c1-2-5-18-11-7-16-8-17-14(11)19(15(18)20)10-3-4-12-13(6-10)22-9-21-12/h2-4,6-8H,1,5,9H2. The fourth-order valence-corrected chi connectivity index (χ4v) is 2.56. The minimum atomic E-state index is -0.200. The smallest absolute Gasteiger partial charge is 0.335 e. The summed E-state index contributed by atoms with van der Waals surface area (Å²) in [6.07, 6.45) is 4.71. The van der Waals surface area contributed by atoms with E-state index in [9.17, 15) is 4.79 Å². The van der Waals surface area contributed by atoms with Gasteiger partial charge in [-0.05, 0) is 12.1 Å². The van der Waals surface area contributed by atoms with Crippen molar-refractivity contribution in [1.29, 1.82) is 0 Å². The predicted octanol–water partition coefficient (Wildman–Crippen LogP) is 1.50. The lowest BCUT2D eigenvalue weighted by atomic mass is 10.3. The molecule has 0 saturated carbocycles. The zero-order valence-electron chi connectivity index (χ0n) is 11.6. The molecule has 0 bridgehead atoms. The van der Waals surface area contributed by atoms with Gasteiger partial charge < -0.3 is 9.47 Å². The fraction of sp³-hybridized carbons (Fsp3) is 0.133. The van der Waals surface area contributed by atoms with Crippen molar-refractivity contribution in [3.8, 4) is 17.2 Å². The number of benzene rings is 1. The molecule has 0 radical (unpaired) electrons. The number of rotatable bonds is 3. The minimum Gasteiger partial charge on any atom is -0.454 e. The predicted molar refractivity (Wildman–Crippen MR) is 79.4 cm³/mol. The Morgan fingerprint density at radius 2 is 2.18 bits per heavy atom. The molecule has 1 aliphatic heterocycles. The topological polar surface area (TPSA) is 71.2 Å². The van der Waals surface area contributed by atoms with Crippen LogP contribution in [0.25, 0.3) is 16.9 Å². The van der Waals surface area contributed by atoms with Gasteiger partial charge in [-0.25, -0.2) is 19.3 Å². The second-order valence-corrected chi connectivity index (χ2v) is 4.79. The number of nitrogens with zero attached hydrogens (tertiary/aromatic N) is 4. The monoisotopic (exact) mass is 296 g/mol. The third kappa shape index (κ3) is 1.72. The minimum absolute atomic E-state index is 0.189. The average molecular weight is 296 g/mol. The molecule has 1 aliphatic rings. The molecule has 3 aromatic rings. The van der Waals surface area contributed by atoms with E-state index in [1.54, 1.807) is 35.0 Å². The first-order chi connectivity index (χ1) is 10.8. The van der Waals surface area contributed by atoms with E-state index in [-0.39, 0.29) is 12.5 Å². The van der Waals surface area contributed by atoms with Gasteiger partial charge in [-0.3, -0.25) is 4.57 Å². The molecular formula is C15H12N4O3. The van der Waals surface area contributed by atoms with Crippen LogP contribution in [0.15, 0.2) is 48.2 Å². The molecule has 0 fully saturated rings. The zero-order valence-corrected chi connectivity index (χ0v) is 11.6. The summed E-state index contributed by atoms with van der Waals surface area (Å²) in [5.41, 5.74) is 1.67. The van der Waals surface area contributed by atoms with E-state index in [1.807, 2.05) is 0 Å². The second kappa shape index (κ2) is 4.73. The van der Waals surface area contributed by atoms with Crippen molar-refractivity contribution in [2.75, 3.05) is 6.79 Å². The highest BCUT2D eigenvalue weighted by molar-refractivity contribution is 5.73. The third-order valence-electron chi connectivity index (χ3n) is 3.52. The van der Waals surface area contributed by atoms with Crippen molar-refractivity contribution in [3.05, 3.63) is 53.9 Å². The van der Waals surface area contributed by atoms with E-state index in [0.717, 1.165) is 0 Å². The van der Waals surface area contributed by atoms with Gasteiger partial charge in [0.2, 0.25) is 6.79 Å². The van der Waals surface area contributed by atoms with Gasteiger partial charge in [-0.1, -0.05) is 6.08 Å². The lowest BCUT2D eigenvalue weighted by Crippen LogP contribution is -2.22. The van der Waals surface area contributed by atoms with Crippen LogP contribution in [0.1, 0.15) is 0 Å². The Hall–Kier alpha value is -3.09. The number of imidazole rings is 1. The molecule has 0 spiro atoms. The summed E-state index contributed by atoms with van der Waals surface area (Å²) in [6.45, 7) is 4.26. The largest absolute Gasteiger partial charge is 0.454 e. The van der Waals surface area contributed by atoms with E-state index in [2.05, 4.69) is 16.5 Å². The van der Waals surface area contributed by atoms with Crippen LogP contribution in [0.2, 0.25) is 0 Å². The van der Waals surface area contributed by atoms with Crippen molar-refractivity contribution < 1.29 is 9.47 Å². The summed E-state index contributed by atoms with van der Waals surface area (Å²) < 4.78 is 13.8. The van der Waals surface area contributed by atoms with Crippen LogP contribution in [-0.2, 0) is 6.54 Å². The Labute approximate surface area is 125 Å². The number of hydrogen-bond donors (Lipinski definition) is 0. The number of ether oxygens (including phenoxy) is 2.